The standard InChI is InChI=1S/C12H19N5S/c1-4-8(3)6-10-15-11(17(5-2)16-10)9-7-14-12(13)18-9/h7-8H,4-6H2,1-3H3,(H2,13,14)/t8-/m0/s1. The van der Waals surface area contributed by atoms with Gasteiger partial charge in [0.05, 0.1) is 11.1 Å². The van der Waals surface area contributed by atoms with E-state index in [1.165, 1.54) is 11.3 Å². The molecule has 2 rings (SSSR count). The number of nitrogens with zero attached hydrogens (tertiary/aromatic N) is 4. The van der Waals surface area contributed by atoms with E-state index in [0.29, 0.717) is 11.0 Å². The van der Waals surface area contributed by atoms with Crippen molar-refractivity contribution in [2.75, 3.05) is 5.73 Å². The summed E-state index contributed by atoms with van der Waals surface area (Å²) in [6.07, 6.45) is 3.83. The van der Waals surface area contributed by atoms with Crippen LogP contribution in [0.1, 0.15) is 33.0 Å². The number of anilines is 1. The number of hydrogen-bond donors (Lipinski definition) is 1. The van der Waals surface area contributed by atoms with Crippen molar-refractivity contribution >= 4 is 16.5 Å². The molecule has 2 heterocycles. The molecular weight excluding hydrogens is 246 g/mol. The van der Waals surface area contributed by atoms with Crippen LogP contribution in [0, 0.1) is 5.92 Å². The molecule has 2 aromatic heterocycles. The Morgan fingerprint density at radius 3 is 2.78 bits per heavy atom. The Hall–Kier alpha value is -1.43. The van der Waals surface area contributed by atoms with Gasteiger partial charge in [-0.25, -0.2) is 14.6 Å². The summed E-state index contributed by atoms with van der Waals surface area (Å²) < 4.78 is 1.92. The van der Waals surface area contributed by atoms with E-state index in [0.717, 1.165) is 35.9 Å². The van der Waals surface area contributed by atoms with E-state index < -0.39 is 0 Å². The van der Waals surface area contributed by atoms with Gasteiger partial charge in [-0.1, -0.05) is 31.6 Å². The number of thiazole rings is 1. The van der Waals surface area contributed by atoms with E-state index in [9.17, 15) is 0 Å². The van der Waals surface area contributed by atoms with E-state index in [2.05, 4.69) is 35.8 Å². The van der Waals surface area contributed by atoms with Crippen molar-refractivity contribution in [3.63, 3.8) is 0 Å². The molecule has 0 fully saturated rings. The Morgan fingerprint density at radius 1 is 1.44 bits per heavy atom. The van der Waals surface area contributed by atoms with Crippen LogP contribution >= 0.6 is 11.3 Å². The van der Waals surface area contributed by atoms with Gasteiger partial charge in [-0.15, -0.1) is 0 Å². The average Bonchev–Trinajstić information content (AvgIpc) is 2.95. The molecule has 0 spiro atoms. The maximum absolute atomic E-state index is 5.67. The van der Waals surface area contributed by atoms with Crippen LogP contribution in [0.3, 0.4) is 0 Å². The van der Waals surface area contributed by atoms with Gasteiger partial charge in [-0.3, -0.25) is 0 Å². The monoisotopic (exact) mass is 265 g/mol. The van der Waals surface area contributed by atoms with Crippen LogP contribution in [-0.2, 0) is 13.0 Å². The van der Waals surface area contributed by atoms with Gasteiger partial charge >= 0.3 is 0 Å². The number of rotatable bonds is 5. The van der Waals surface area contributed by atoms with Crippen molar-refractivity contribution in [1.29, 1.82) is 0 Å². The summed E-state index contributed by atoms with van der Waals surface area (Å²) in [5.41, 5.74) is 5.67. The second-order valence-corrected chi connectivity index (χ2v) is 5.51. The van der Waals surface area contributed by atoms with Crippen LogP contribution in [-0.4, -0.2) is 19.7 Å². The van der Waals surface area contributed by atoms with Gasteiger partial charge in [0.2, 0.25) is 0 Å². The lowest BCUT2D eigenvalue weighted by Gasteiger charge is -2.02. The molecule has 18 heavy (non-hydrogen) atoms. The third-order valence-electron chi connectivity index (χ3n) is 2.99. The third kappa shape index (κ3) is 2.69. The van der Waals surface area contributed by atoms with Crippen molar-refractivity contribution in [3.8, 4) is 10.7 Å². The summed E-state index contributed by atoms with van der Waals surface area (Å²) in [5.74, 6) is 2.40. The first kappa shape index (κ1) is 13.0. The maximum Gasteiger partial charge on any atom is 0.180 e. The van der Waals surface area contributed by atoms with Gasteiger partial charge in [0.15, 0.2) is 16.8 Å². The summed E-state index contributed by atoms with van der Waals surface area (Å²) in [6.45, 7) is 7.28. The fraction of sp³-hybridized carbons (Fsp3) is 0.583. The highest BCUT2D eigenvalue weighted by molar-refractivity contribution is 7.18. The van der Waals surface area contributed by atoms with E-state index in [1.54, 1.807) is 6.20 Å². The minimum absolute atomic E-state index is 0.569. The second kappa shape index (κ2) is 5.48. The average molecular weight is 265 g/mol. The molecule has 0 radical (unpaired) electrons. The van der Waals surface area contributed by atoms with Gasteiger partial charge in [-0.2, -0.15) is 5.10 Å². The fourth-order valence-electron chi connectivity index (χ4n) is 1.73. The second-order valence-electron chi connectivity index (χ2n) is 4.45. The van der Waals surface area contributed by atoms with E-state index in [-0.39, 0.29) is 0 Å². The first-order valence-electron chi connectivity index (χ1n) is 6.29. The lowest BCUT2D eigenvalue weighted by atomic mass is 10.1. The van der Waals surface area contributed by atoms with Crippen LogP contribution < -0.4 is 5.73 Å². The SMILES string of the molecule is CC[C@H](C)Cc1nc(-c2cnc(N)s2)n(CC)n1. The molecular formula is C12H19N5S. The third-order valence-corrected chi connectivity index (χ3v) is 3.81. The van der Waals surface area contributed by atoms with Crippen molar-refractivity contribution in [2.24, 2.45) is 5.92 Å². The highest BCUT2D eigenvalue weighted by Gasteiger charge is 2.14. The Balaban J connectivity index is 2.29. The van der Waals surface area contributed by atoms with E-state index in [1.807, 2.05) is 4.68 Å². The molecule has 0 amide bonds. The van der Waals surface area contributed by atoms with Gasteiger partial charge in [-0.05, 0) is 12.8 Å². The van der Waals surface area contributed by atoms with Gasteiger partial charge in [0.1, 0.15) is 0 Å². The molecule has 98 valence electrons. The molecule has 1 atom stereocenters. The van der Waals surface area contributed by atoms with Crippen LogP contribution in [0.25, 0.3) is 10.7 Å². The van der Waals surface area contributed by atoms with Gasteiger partial charge < -0.3 is 5.73 Å². The Bertz CT molecular complexity index is 516. The zero-order valence-corrected chi connectivity index (χ0v) is 11.9. The van der Waals surface area contributed by atoms with Crippen molar-refractivity contribution in [1.82, 2.24) is 19.7 Å². The summed E-state index contributed by atoms with van der Waals surface area (Å²) in [6, 6.07) is 0. The fourth-order valence-corrected chi connectivity index (χ4v) is 2.40. The lowest BCUT2D eigenvalue weighted by Crippen LogP contribution is -2.02. The number of nitrogen functional groups attached to an aromatic ring is 1. The van der Waals surface area contributed by atoms with Crippen LogP contribution in [0.5, 0.6) is 0 Å². The largest absolute Gasteiger partial charge is 0.375 e. The van der Waals surface area contributed by atoms with E-state index >= 15 is 0 Å². The normalized spacial score (nSPS) is 12.8. The highest BCUT2D eigenvalue weighted by atomic mass is 32.1. The molecule has 2 aromatic rings. The Labute approximate surface area is 111 Å². The van der Waals surface area contributed by atoms with Crippen LogP contribution in [0.15, 0.2) is 6.20 Å². The van der Waals surface area contributed by atoms with Crippen LogP contribution in [0.4, 0.5) is 5.13 Å². The summed E-state index contributed by atoms with van der Waals surface area (Å²) in [7, 11) is 0. The molecule has 6 heteroatoms. The molecule has 2 N–H and O–H groups in total. The lowest BCUT2D eigenvalue weighted by molar-refractivity contribution is 0.536. The van der Waals surface area contributed by atoms with Gasteiger partial charge in [0, 0.05) is 13.0 Å². The molecule has 0 bridgehead atoms. The van der Waals surface area contributed by atoms with Crippen molar-refractivity contribution in [2.45, 2.75) is 40.2 Å². The number of nitrogens with two attached hydrogens (primary N) is 1. The molecule has 0 saturated heterocycles. The minimum Gasteiger partial charge on any atom is -0.375 e. The maximum atomic E-state index is 5.67. The molecule has 0 unspecified atom stereocenters. The zero-order chi connectivity index (χ0) is 13.1. The predicted octanol–water partition coefficient (Wildman–Crippen LogP) is 2.59. The molecule has 0 aliphatic heterocycles. The topological polar surface area (TPSA) is 69.6 Å². The number of aromatic nitrogens is 4. The quantitative estimate of drug-likeness (QED) is 0.902. The molecule has 0 aliphatic carbocycles. The summed E-state index contributed by atoms with van der Waals surface area (Å²) in [5, 5.41) is 5.11. The summed E-state index contributed by atoms with van der Waals surface area (Å²) >= 11 is 1.45. The zero-order valence-electron chi connectivity index (χ0n) is 11.1. The highest BCUT2D eigenvalue weighted by Crippen LogP contribution is 2.26. The molecule has 0 saturated carbocycles. The summed E-state index contributed by atoms with van der Waals surface area (Å²) in [4.78, 5) is 9.67. The molecule has 0 aliphatic rings. The van der Waals surface area contributed by atoms with Crippen LogP contribution in [0.2, 0.25) is 0 Å². The Kier molecular flexibility index (Phi) is 3.96. The Morgan fingerprint density at radius 2 is 2.22 bits per heavy atom. The smallest absolute Gasteiger partial charge is 0.180 e. The van der Waals surface area contributed by atoms with E-state index in [4.69, 9.17) is 5.73 Å². The minimum atomic E-state index is 0.569. The predicted molar refractivity (Wildman–Crippen MR) is 74.4 cm³/mol. The first-order valence-corrected chi connectivity index (χ1v) is 7.11. The molecule has 0 aromatic carbocycles. The van der Waals surface area contributed by atoms with Crippen molar-refractivity contribution < 1.29 is 0 Å². The first-order chi connectivity index (χ1) is 8.63. The number of hydrogen-bond acceptors (Lipinski definition) is 5. The molecule has 5 nitrogen and oxygen atoms in total. The number of aryl methyl sites for hydroxylation is 1. The van der Waals surface area contributed by atoms with Crippen molar-refractivity contribution in [3.05, 3.63) is 12.0 Å². The van der Waals surface area contributed by atoms with Gasteiger partial charge in [0.25, 0.3) is 0 Å².